The molecule has 300 valence electrons. The molecule has 3 aliphatic rings. The van der Waals surface area contributed by atoms with Crippen molar-refractivity contribution in [3.8, 4) is 0 Å². The summed E-state index contributed by atoms with van der Waals surface area (Å²) in [7, 11) is 6.79. The van der Waals surface area contributed by atoms with Gasteiger partial charge in [-0.1, -0.05) is 51.8 Å². The van der Waals surface area contributed by atoms with E-state index < -0.39 is 79.2 Å². The maximum absolute atomic E-state index is 13.5. The van der Waals surface area contributed by atoms with E-state index in [0.29, 0.717) is 25.7 Å². The van der Waals surface area contributed by atoms with Gasteiger partial charge in [-0.15, -0.1) is 0 Å². The Hall–Kier alpha value is -1.78. The molecule has 0 spiro atoms. The Morgan fingerprint density at radius 1 is 0.865 bits per heavy atom. The third-order valence-electron chi connectivity index (χ3n) is 11.1. The lowest BCUT2D eigenvalue weighted by atomic mass is 9.80. The van der Waals surface area contributed by atoms with Crippen LogP contribution >= 0.6 is 0 Å². The molecule has 16 atom stereocenters. The van der Waals surface area contributed by atoms with Gasteiger partial charge in [0.1, 0.15) is 30.5 Å². The van der Waals surface area contributed by atoms with Crippen molar-refractivity contribution in [2.45, 2.75) is 154 Å². The molecule has 0 radical (unpaired) electrons. The number of likely N-dealkylation sites (N-methyl/N-ethyl adjacent to an activating group) is 1. The molecule has 3 N–H and O–H groups in total. The quantitative estimate of drug-likeness (QED) is 0.280. The fourth-order valence-electron chi connectivity index (χ4n) is 7.72. The van der Waals surface area contributed by atoms with Crippen molar-refractivity contribution in [1.82, 2.24) is 4.90 Å². The average molecular weight is 742 g/mol. The van der Waals surface area contributed by atoms with Crippen LogP contribution in [0.15, 0.2) is 23.8 Å². The molecule has 0 aromatic heterocycles. The molecule has 13 nitrogen and oxygen atoms in total. The summed E-state index contributed by atoms with van der Waals surface area (Å²) in [5.41, 5.74) is 0.775. The van der Waals surface area contributed by atoms with Gasteiger partial charge in [0.15, 0.2) is 18.4 Å². The first kappa shape index (κ1) is 44.6. The minimum atomic E-state index is -1.14. The van der Waals surface area contributed by atoms with Crippen LogP contribution in [0.25, 0.3) is 0 Å². The van der Waals surface area contributed by atoms with E-state index in [1.54, 1.807) is 19.1 Å². The third-order valence-corrected chi connectivity index (χ3v) is 11.1. The second-order valence-corrected chi connectivity index (χ2v) is 15.3. The molecule has 3 heterocycles. The van der Waals surface area contributed by atoms with Gasteiger partial charge in [-0.05, 0) is 66.1 Å². The van der Waals surface area contributed by atoms with Crippen molar-refractivity contribution < 1.29 is 58.1 Å². The summed E-state index contributed by atoms with van der Waals surface area (Å²) in [6.45, 7) is 13.2. The van der Waals surface area contributed by atoms with Gasteiger partial charge in [0, 0.05) is 38.0 Å². The van der Waals surface area contributed by atoms with E-state index in [4.69, 9.17) is 33.2 Å². The van der Waals surface area contributed by atoms with Crippen LogP contribution in [0.4, 0.5) is 0 Å². The SMILES string of the molecule is CCC1C[C@@H](C)C(=O)/C=C/C(C)=C/[C@H](CO[C@@H]2O[C@H](C)[C@@H](O)[C@@H](OC)[C@H]2OC)[C@@H](CC)OC(=O)C[C@@H](O)[C@H](C)[C@H]1O[C@@H]1O[C@H](C)C[C@H](N(C)C)[C@H]1O. The van der Waals surface area contributed by atoms with Crippen molar-refractivity contribution in [3.05, 3.63) is 23.8 Å². The number of hydrogen-bond acceptors (Lipinski definition) is 13. The summed E-state index contributed by atoms with van der Waals surface area (Å²) in [4.78, 5) is 29.0. The fraction of sp³-hybridized carbons (Fsp3) is 0.846. The van der Waals surface area contributed by atoms with E-state index in [1.165, 1.54) is 14.2 Å². The van der Waals surface area contributed by atoms with Gasteiger partial charge in [-0.25, -0.2) is 0 Å². The number of methoxy groups -OCH3 is 2. The van der Waals surface area contributed by atoms with Gasteiger partial charge < -0.3 is 53.4 Å². The highest BCUT2D eigenvalue weighted by Gasteiger charge is 2.46. The van der Waals surface area contributed by atoms with Crippen LogP contribution in [0.1, 0.15) is 80.6 Å². The molecular weight excluding hydrogens is 674 g/mol. The summed E-state index contributed by atoms with van der Waals surface area (Å²) in [6.07, 6.45) is -1.13. The molecule has 1 unspecified atom stereocenters. The maximum Gasteiger partial charge on any atom is 0.308 e. The van der Waals surface area contributed by atoms with E-state index in [-0.39, 0.29) is 42.8 Å². The Morgan fingerprint density at radius 2 is 1.54 bits per heavy atom. The van der Waals surface area contributed by atoms with Crippen molar-refractivity contribution >= 4 is 11.8 Å². The summed E-state index contributed by atoms with van der Waals surface area (Å²) in [5.74, 6) is -2.21. The van der Waals surface area contributed by atoms with Crippen molar-refractivity contribution in [2.24, 2.45) is 23.7 Å². The van der Waals surface area contributed by atoms with Crippen LogP contribution in [-0.2, 0) is 42.7 Å². The smallest absolute Gasteiger partial charge is 0.308 e. The van der Waals surface area contributed by atoms with Crippen LogP contribution in [-0.4, -0.2) is 140 Å². The molecule has 2 saturated heterocycles. The number of carbonyl (C=O) groups is 2. The number of ketones is 1. The average Bonchev–Trinajstić information content (AvgIpc) is 3.10. The molecule has 0 aromatic carbocycles. The molecule has 0 aliphatic carbocycles. The van der Waals surface area contributed by atoms with E-state index >= 15 is 0 Å². The largest absolute Gasteiger partial charge is 0.462 e. The summed E-state index contributed by atoms with van der Waals surface area (Å²) in [5, 5.41) is 33.5. The Balaban J connectivity index is 1.93. The van der Waals surface area contributed by atoms with E-state index in [9.17, 15) is 24.9 Å². The highest BCUT2D eigenvalue weighted by Crippen LogP contribution is 2.35. The zero-order valence-electron chi connectivity index (χ0n) is 33.2. The molecule has 0 amide bonds. The molecule has 0 saturated carbocycles. The number of allylic oxidation sites excluding steroid dienone is 3. The summed E-state index contributed by atoms with van der Waals surface area (Å²) < 4.78 is 42.1. The van der Waals surface area contributed by atoms with Gasteiger partial charge in [0.25, 0.3) is 0 Å². The molecule has 0 bridgehead atoms. The molecule has 13 heteroatoms. The van der Waals surface area contributed by atoms with Gasteiger partial charge in [0.05, 0.1) is 37.4 Å². The lowest BCUT2D eigenvalue weighted by molar-refractivity contribution is -0.304. The number of aliphatic hydroxyl groups is 3. The molecule has 3 aliphatic heterocycles. The number of hydrogen-bond donors (Lipinski definition) is 3. The van der Waals surface area contributed by atoms with Crippen LogP contribution in [0.5, 0.6) is 0 Å². The normalized spacial score (nSPS) is 43.5. The number of nitrogens with zero attached hydrogens (tertiary/aromatic N) is 1. The van der Waals surface area contributed by atoms with Gasteiger partial charge in [-0.3, -0.25) is 9.59 Å². The van der Waals surface area contributed by atoms with Gasteiger partial charge in [0.2, 0.25) is 0 Å². The maximum atomic E-state index is 13.5. The first-order valence-corrected chi connectivity index (χ1v) is 19.0. The molecular formula is C39H67NO12. The second-order valence-electron chi connectivity index (χ2n) is 15.3. The monoisotopic (exact) mass is 741 g/mol. The number of carbonyl (C=O) groups excluding carboxylic acids is 2. The molecule has 2 fully saturated rings. The summed E-state index contributed by atoms with van der Waals surface area (Å²) in [6, 6.07) is -0.193. The Morgan fingerprint density at radius 3 is 2.13 bits per heavy atom. The molecule has 52 heavy (non-hydrogen) atoms. The van der Waals surface area contributed by atoms with Crippen LogP contribution < -0.4 is 0 Å². The number of ether oxygens (including phenoxy) is 7. The van der Waals surface area contributed by atoms with E-state index in [0.717, 1.165) is 5.57 Å². The number of esters is 1. The second kappa shape index (κ2) is 20.8. The predicted octanol–water partition coefficient (Wildman–Crippen LogP) is 3.41. The number of cyclic esters (lactones) is 1. The lowest BCUT2D eigenvalue weighted by Crippen LogP contribution is -2.59. The number of aliphatic hydroxyl groups excluding tert-OH is 3. The zero-order valence-corrected chi connectivity index (χ0v) is 33.2. The van der Waals surface area contributed by atoms with Crippen LogP contribution in [0.3, 0.4) is 0 Å². The minimum Gasteiger partial charge on any atom is -0.462 e. The molecule has 3 rings (SSSR count). The third kappa shape index (κ3) is 11.6. The Bertz CT molecular complexity index is 1180. The van der Waals surface area contributed by atoms with Crippen LogP contribution in [0.2, 0.25) is 0 Å². The van der Waals surface area contributed by atoms with Crippen molar-refractivity contribution in [3.63, 3.8) is 0 Å². The van der Waals surface area contributed by atoms with E-state index in [2.05, 4.69) is 0 Å². The fourth-order valence-corrected chi connectivity index (χ4v) is 7.72. The van der Waals surface area contributed by atoms with Crippen molar-refractivity contribution in [2.75, 3.05) is 34.9 Å². The Kier molecular flexibility index (Phi) is 17.8. The number of rotatable bonds is 10. The molecule has 0 aromatic rings. The zero-order chi connectivity index (χ0) is 38.9. The minimum absolute atomic E-state index is 0.0524. The summed E-state index contributed by atoms with van der Waals surface area (Å²) >= 11 is 0. The van der Waals surface area contributed by atoms with Crippen molar-refractivity contribution in [1.29, 1.82) is 0 Å². The standard InChI is InChI=1S/C39H67NO12/c1-12-26-17-22(4)29(41)15-14-21(3)16-27(20-48-39-37(47-11)36(46-10)33(44)25(7)50-39)31(13-2)51-32(43)19-30(42)24(6)35(26)52-38-34(45)28(40(8)9)18-23(5)49-38/h14-16,22-28,30-31,33-39,42,44-45H,12-13,17-20H2,1-11H3/b15-14+,21-16+/t22-,23-,24+,25-,26?,27-,28+,30-,31-,33-,34-,35-,36-,37-,38+,39-/m1/s1. The van der Waals surface area contributed by atoms with E-state index in [1.807, 2.05) is 66.6 Å². The highest BCUT2D eigenvalue weighted by molar-refractivity contribution is 5.91. The van der Waals surface area contributed by atoms with Gasteiger partial charge in [-0.2, -0.15) is 0 Å². The van der Waals surface area contributed by atoms with Crippen LogP contribution in [0, 0.1) is 23.7 Å². The topological polar surface area (TPSA) is 163 Å². The highest BCUT2D eigenvalue weighted by atomic mass is 16.7. The first-order chi connectivity index (χ1) is 24.6. The van der Waals surface area contributed by atoms with Gasteiger partial charge >= 0.3 is 5.97 Å². The lowest BCUT2D eigenvalue weighted by Gasteiger charge is -2.44. The Labute approximate surface area is 310 Å². The predicted molar refractivity (Wildman–Crippen MR) is 194 cm³/mol. The first-order valence-electron chi connectivity index (χ1n) is 19.0.